The Morgan fingerprint density at radius 3 is 2.10 bits per heavy atom. The van der Waals surface area contributed by atoms with Crippen molar-refractivity contribution in [2.24, 2.45) is 0 Å². The lowest BCUT2D eigenvalue weighted by Gasteiger charge is -2.26. The Morgan fingerprint density at radius 1 is 1.05 bits per heavy atom. The molecule has 1 unspecified atom stereocenters. The summed E-state index contributed by atoms with van der Waals surface area (Å²) in [5.74, 6) is 1.22. The van der Waals surface area contributed by atoms with Crippen LogP contribution in [0.25, 0.3) is 0 Å². The van der Waals surface area contributed by atoms with Crippen LogP contribution in [-0.2, 0) is 5.60 Å². The molecular weight excluding hydrogens is 356 g/mol. The Kier molecular flexibility index (Phi) is 4.81. The molecule has 0 saturated heterocycles. The van der Waals surface area contributed by atoms with E-state index < -0.39 is 5.60 Å². The van der Waals surface area contributed by atoms with Gasteiger partial charge in [0.1, 0.15) is 17.1 Å². The zero-order valence-electron chi connectivity index (χ0n) is 12.0. The van der Waals surface area contributed by atoms with Crippen LogP contribution < -0.4 is 9.47 Å². The molecule has 2 aromatic carbocycles. The van der Waals surface area contributed by atoms with Gasteiger partial charge in [-0.3, -0.25) is 0 Å². The van der Waals surface area contributed by atoms with Gasteiger partial charge in [0.25, 0.3) is 0 Å². The lowest BCUT2D eigenvalue weighted by atomic mass is 9.88. The fraction of sp³-hybridized carbons (Fsp3) is 0.250. The van der Waals surface area contributed by atoms with E-state index in [1.165, 1.54) is 0 Å². The van der Waals surface area contributed by atoms with E-state index in [1.807, 2.05) is 6.07 Å². The van der Waals surface area contributed by atoms with E-state index in [0.29, 0.717) is 27.6 Å². The molecule has 0 fully saturated rings. The fourth-order valence-corrected chi connectivity index (χ4v) is 2.99. The molecule has 0 heterocycles. The Labute approximate surface area is 137 Å². The number of halogens is 2. The van der Waals surface area contributed by atoms with Crippen molar-refractivity contribution < 1.29 is 14.6 Å². The van der Waals surface area contributed by atoms with Crippen molar-refractivity contribution in [3.8, 4) is 11.5 Å². The number of methoxy groups -OCH3 is 2. The van der Waals surface area contributed by atoms with Crippen molar-refractivity contribution >= 4 is 27.5 Å². The Morgan fingerprint density at radius 2 is 1.62 bits per heavy atom. The van der Waals surface area contributed by atoms with Gasteiger partial charge in [-0.15, -0.1) is 0 Å². The summed E-state index contributed by atoms with van der Waals surface area (Å²) in [5.41, 5.74) is -0.00910. The van der Waals surface area contributed by atoms with E-state index in [1.54, 1.807) is 51.5 Å². The fourth-order valence-electron chi connectivity index (χ4n) is 2.13. The van der Waals surface area contributed by atoms with Crippen LogP contribution in [0.15, 0.2) is 40.9 Å². The smallest absolute Gasteiger partial charge is 0.122 e. The summed E-state index contributed by atoms with van der Waals surface area (Å²) in [6.45, 7) is 1.69. The number of ether oxygens (including phenoxy) is 2. The van der Waals surface area contributed by atoms with Crippen molar-refractivity contribution in [1.29, 1.82) is 0 Å². The van der Waals surface area contributed by atoms with Gasteiger partial charge in [-0.1, -0.05) is 33.6 Å². The third-order valence-electron chi connectivity index (χ3n) is 3.37. The van der Waals surface area contributed by atoms with Crippen LogP contribution in [0.4, 0.5) is 0 Å². The average Bonchev–Trinajstić information content (AvgIpc) is 2.46. The van der Waals surface area contributed by atoms with Gasteiger partial charge in [0, 0.05) is 21.1 Å². The maximum absolute atomic E-state index is 11.0. The molecule has 0 radical (unpaired) electrons. The molecule has 0 bridgehead atoms. The quantitative estimate of drug-likeness (QED) is 0.867. The topological polar surface area (TPSA) is 38.7 Å². The van der Waals surface area contributed by atoms with Gasteiger partial charge in [-0.05, 0) is 36.8 Å². The highest BCUT2D eigenvalue weighted by molar-refractivity contribution is 9.10. The number of hydrogen-bond donors (Lipinski definition) is 1. The maximum Gasteiger partial charge on any atom is 0.122 e. The first-order valence-corrected chi connectivity index (χ1v) is 7.47. The molecule has 5 heteroatoms. The Hall–Kier alpha value is -1.23. The number of rotatable bonds is 4. The van der Waals surface area contributed by atoms with Gasteiger partial charge in [-0.2, -0.15) is 0 Å². The molecule has 3 nitrogen and oxygen atoms in total. The molecule has 0 aliphatic carbocycles. The van der Waals surface area contributed by atoms with Crippen molar-refractivity contribution in [3.05, 3.63) is 57.0 Å². The summed E-state index contributed by atoms with van der Waals surface area (Å²) in [6.07, 6.45) is 0. The number of hydrogen-bond acceptors (Lipinski definition) is 3. The molecule has 21 heavy (non-hydrogen) atoms. The standard InChI is InChI=1S/C16H16BrClO3/c1-16(19,14-5-4-11(17)8-15(14)18)10-6-12(20-2)9-13(7-10)21-3/h4-9,19H,1-3H3. The first-order chi connectivity index (χ1) is 9.88. The first kappa shape index (κ1) is 16.1. The summed E-state index contributed by atoms with van der Waals surface area (Å²) >= 11 is 9.62. The van der Waals surface area contributed by atoms with Crippen LogP contribution in [0, 0.1) is 0 Å². The largest absolute Gasteiger partial charge is 0.497 e. The van der Waals surface area contributed by atoms with E-state index in [0.717, 1.165) is 4.47 Å². The highest BCUT2D eigenvalue weighted by Crippen LogP contribution is 2.38. The second-order valence-corrected chi connectivity index (χ2v) is 6.12. The predicted molar refractivity (Wildman–Crippen MR) is 87.4 cm³/mol. The zero-order chi connectivity index (χ0) is 15.6. The molecule has 0 amide bonds. The van der Waals surface area contributed by atoms with Crippen LogP contribution in [0.2, 0.25) is 5.02 Å². The molecule has 1 N–H and O–H groups in total. The van der Waals surface area contributed by atoms with E-state index in [2.05, 4.69) is 15.9 Å². The molecule has 0 aliphatic heterocycles. The number of benzene rings is 2. The molecule has 1 atom stereocenters. The molecule has 0 spiro atoms. The highest BCUT2D eigenvalue weighted by atomic mass is 79.9. The SMILES string of the molecule is COc1cc(OC)cc(C(C)(O)c2ccc(Br)cc2Cl)c1. The van der Waals surface area contributed by atoms with E-state index in [-0.39, 0.29) is 0 Å². The van der Waals surface area contributed by atoms with Gasteiger partial charge >= 0.3 is 0 Å². The highest BCUT2D eigenvalue weighted by Gasteiger charge is 2.29. The minimum Gasteiger partial charge on any atom is -0.497 e. The van der Waals surface area contributed by atoms with Gasteiger partial charge < -0.3 is 14.6 Å². The summed E-state index contributed by atoms with van der Waals surface area (Å²) in [6, 6.07) is 10.7. The monoisotopic (exact) mass is 370 g/mol. The van der Waals surface area contributed by atoms with Gasteiger partial charge in [-0.25, -0.2) is 0 Å². The van der Waals surface area contributed by atoms with Crippen LogP contribution in [0.3, 0.4) is 0 Å². The van der Waals surface area contributed by atoms with Crippen LogP contribution in [-0.4, -0.2) is 19.3 Å². The predicted octanol–water partition coefficient (Wildman–Crippen LogP) is 4.38. The van der Waals surface area contributed by atoms with E-state index in [9.17, 15) is 5.11 Å². The normalized spacial score (nSPS) is 13.6. The summed E-state index contributed by atoms with van der Waals surface area (Å²) in [4.78, 5) is 0. The van der Waals surface area contributed by atoms with E-state index >= 15 is 0 Å². The average molecular weight is 372 g/mol. The van der Waals surface area contributed by atoms with Crippen LogP contribution in [0.5, 0.6) is 11.5 Å². The molecule has 2 rings (SSSR count). The van der Waals surface area contributed by atoms with Gasteiger partial charge in [0.05, 0.1) is 14.2 Å². The second-order valence-electron chi connectivity index (χ2n) is 4.80. The van der Waals surface area contributed by atoms with E-state index in [4.69, 9.17) is 21.1 Å². The van der Waals surface area contributed by atoms with Gasteiger partial charge in [0.15, 0.2) is 0 Å². The second kappa shape index (κ2) is 6.26. The minimum atomic E-state index is -1.26. The molecule has 112 valence electrons. The summed E-state index contributed by atoms with van der Waals surface area (Å²) in [7, 11) is 3.14. The van der Waals surface area contributed by atoms with Gasteiger partial charge in [0.2, 0.25) is 0 Å². The van der Waals surface area contributed by atoms with Crippen molar-refractivity contribution in [2.75, 3.05) is 14.2 Å². The first-order valence-electron chi connectivity index (χ1n) is 6.30. The molecule has 0 saturated carbocycles. The Bertz CT molecular complexity index is 634. The molecule has 2 aromatic rings. The van der Waals surface area contributed by atoms with Crippen LogP contribution in [0.1, 0.15) is 18.1 Å². The van der Waals surface area contributed by atoms with Crippen molar-refractivity contribution in [2.45, 2.75) is 12.5 Å². The summed E-state index contributed by atoms with van der Waals surface area (Å²) in [5, 5.41) is 11.4. The van der Waals surface area contributed by atoms with Crippen LogP contribution >= 0.6 is 27.5 Å². The molecular formula is C16H16BrClO3. The third-order valence-corrected chi connectivity index (χ3v) is 4.18. The maximum atomic E-state index is 11.0. The summed E-state index contributed by atoms with van der Waals surface area (Å²) < 4.78 is 11.3. The minimum absolute atomic E-state index is 0.483. The Balaban J connectivity index is 2.57. The molecule has 0 aliphatic rings. The molecule has 0 aromatic heterocycles. The third kappa shape index (κ3) is 3.34. The van der Waals surface area contributed by atoms with Crippen molar-refractivity contribution in [3.63, 3.8) is 0 Å². The zero-order valence-corrected chi connectivity index (χ0v) is 14.3. The number of aliphatic hydroxyl groups is 1. The van der Waals surface area contributed by atoms with Crippen molar-refractivity contribution in [1.82, 2.24) is 0 Å². The lowest BCUT2D eigenvalue weighted by molar-refractivity contribution is 0.102. The lowest BCUT2D eigenvalue weighted by Crippen LogP contribution is -2.23.